The second kappa shape index (κ2) is 7.26. The van der Waals surface area contributed by atoms with Gasteiger partial charge in [0, 0.05) is 5.69 Å². The van der Waals surface area contributed by atoms with Crippen molar-refractivity contribution >= 4 is 29.1 Å². The molecule has 0 saturated carbocycles. The van der Waals surface area contributed by atoms with Crippen molar-refractivity contribution in [2.75, 3.05) is 12.0 Å². The van der Waals surface area contributed by atoms with Crippen LogP contribution in [-0.4, -0.2) is 41.5 Å². The van der Waals surface area contributed by atoms with E-state index in [0.717, 1.165) is 23.1 Å². The van der Waals surface area contributed by atoms with Crippen LogP contribution in [0.5, 0.6) is 0 Å². The summed E-state index contributed by atoms with van der Waals surface area (Å²) >= 11 is 1.57. The highest BCUT2D eigenvalue weighted by molar-refractivity contribution is 7.08. The second-order valence-corrected chi connectivity index (χ2v) is 5.70. The van der Waals surface area contributed by atoms with Gasteiger partial charge >= 0.3 is 12.1 Å². The van der Waals surface area contributed by atoms with Crippen LogP contribution in [0.2, 0.25) is 0 Å². The molecule has 0 aliphatic heterocycles. The lowest BCUT2D eigenvalue weighted by atomic mass is 10.1. The van der Waals surface area contributed by atoms with E-state index in [1.165, 1.54) is 6.92 Å². The fourth-order valence-corrected chi connectivity index (χ4v) is 2.92. The number of ether oxygens (including phenoxy) is 1. The fourth-order valence-electron chi connectivity index (χ4n) is 2.25. The van der Waals surface area contributed by atoms with Crippen molar-refractivity contribution in [2.24, 2.45) is 0 Å². The third-order valence-electron chi connectivity index (χ3n) is 3.36. The van der Waals surface area contributed by atoms with Crippen LogP contribution < -0.4 is 4.90 Å². The lowest BCUT2D eigenvalue weighted by Gasteiger charge is -2.29. The Morgan fingerprint density at radius 1 is 1.17 bits per heavy atom. The van der Waals surface area contributed by atoms with Crippen LogP contribution in [0.25, 0.3) is 11.1 Å². The molecule has 0 fully saturated rings. The predicted octanol–water partition coefficient (Wildman–Crippen LogP) is 2.82. The van der Waals surface area contributed by atoms with Gasteiger partial charge in [-0.15, -0.1) is 0 Å². The highest BCUT2D eigenvalue weighted by Gasteiger charge is 2.35. The lowest BCUT2D eigenvalue weighted by molar-refractivity contribution is -0.140. The molecule has 1 heterocycles. The first-order valence-corrected chi connectivity index (χ1v) is 7.80. The van der Waals surface area contributed by atoms with Crippen LogP contribution in [0.15, 0.2) is 41.1 Å². The van der Waals surface area contributed by atoms with Gasteiger partial charge < -0.3 is 14.9 Å². The van der Waals surface area contributed by atoms with Gasteiger partial charge in [-0.05, 0) is 47.0 Å². The first-order valence-electron chi connectivity index (χ1n) is 6.86. The molecule has 2 aromatic rings. The number of aliphatic carboxylic acids is 1. The van der Waals surface area contributed by atoms with Crippen LogP contribution >= 0.6 is 11.3 Å². The first-order chi connectivity index (χ1) is 11.0. The van der Waals surface area contributed by atoms with Crippen LogP contribution in [0, 0.1) is 0 Å². The number of carbonyl (C=O) groups excluding carboxylic acids is 1. The highest BCUT2D eigenvalue weighted by atomic mass is 32.1. The Hall–Kier alpha value is -2.38. The number of carboxylic acids is 1. The van der Waals surface area contributed by atoms with E-state index in [9.17, 15) is 19.8 Å². The zero-order valence-electron chi connectivity index (χ0n) is 12.7. The van der Waals surface area contributed by atoms with E-state index >= 15 is 0 Å². The number of hydrogen-bond donors (Lipinski definition) is 2. The number of carbonyl (C=O) groups is 2. The summed E-state index contributed by atoms with van der Waals surface area (Å²) in [6.07, 6.45) is -2.11. The number of methoxy groups -OCH3 is 1. The molecule has 23 heavy (non-hydrogen) atoms. The number of carboxylic acid groups (broad SMARTS) is 1. The van der Waals surface area contributed by atoms with Crippen molar-refractivity contribution in [1.82, 2.24) is 0 Å². The summed E-state index contributed by atoms with van der Waals surface area (Å²) < 4.78 is 4.66. The maximum absolute atomic E-state index is 12.0. The molecule has 2 atom stereocenters. The Labute approximate surface area is 137 Å². The Morgan fingerprint density at radius 2 is 1.83 bits per heavy atom. The topological polar surface area (TPSA) is 87.1 Å². The van der Waals surface area contributed by atoms with Crippen LogP contribution in [0.3, 0.4) is 0 Å². The summed E-state index contributed by atoms with van der Waals surface area (Å²) in [6.45, 7) is 1.31. The molecule has 0 aliphatic carbocycles. The van der Waals surface area contributed by atoms with E-state index in [1.54, 1.807) is 35.6 Å². The number of hydrogen-bond acceptors (Lipinski definition) is 5. The zero-order valence-corrected chi connectivity index (χ0v) is 13.5. The molecule has 0 unspecified atom stereocenters. The van der Waals surface area contributed by atoms with Crippen molar-refractivity contribution in [3.05, 3.63) is 41.1 Å². The molecule has 0 aliphatic rings. The van der Waals surface area contributed by atoms with E-state index in [4.69, 9.17) is 0 Å². The van der Waals surface area contributed by atoms with Gasteiger partial charge in [-0.1, -0.05) is 12.1 Å². The van der Waals surface area contributed by atoms with E-state index in [1.807, 2.05) is 16.8 Å². The monoisotopic (exact) mass is 335 g/mol. The molecular weight excluding hydrogens is 318 g/mol. The standard InChI is InChI=1S/C16H17NO5S/c1-10(18)14(15(19)20)17(16(21)22-2)13-5-3-11(4-6-13)12-7-8-23-9-12/h3-10,14,18H,1-2H3,(H,19,20)/t10-,14+/m0/s1. The maximum atomic E-state index is 12.0. The second-order valence-electron chi connectivity index (χ2n) is 4.92. The molecule has 7 heteroatoms. The van der Waals surface area contributed by atoms with Crippen molar-refractivity contribution in [1.29, 1.82) is 0 Å². The largest absolute Gasteiger partial charge is 0.480 e. The Kier molecular flexibility index (Phi) is 5.36. The van der Waals surface area contributed by atoms with Gasteiger partial charge in [0.1, 0.15) is 0 Å². The fraction of sp³-hybridized carbons (Fsp3) is 0.250. The Morgan fingerprint density at radius 3 is 2.26 bits per heavy atom. The summed E-state index contributed by atoms with van der Waals surface area (Å²) in [7, 11) is 1.16. The number of nitrogens with zero attached hydrogens (tertiary/aromatic N) is 1. The van der Waals surface area contributed by atoms with Crippen LogP contribution in [0.1, 0.15) is 6.92 Å². The zero-order chi connectivity index (χ0) is 17.0. The molecule has 2 rings (SSSR count). The highest BCUT2D eigenvalue weighted by Crippen LogP contribution is 2.27. The van der Waals surface area contributed by atoms with E-state index in [0.29, 0.717) is 5.69 Å². The van der Waals surface area contributed by atoms with Crippen molar-refractivity contribution < 1.29 is 24.5 Å². The third-order valence-corrected chi connectivity index (χ3v) is 4.04. The van der Waals surface area contributed by atoms with Gasteiger partial charge in [-0.3, -0.25) is 4.90 Å². The lowest BCUT2D eigenvalue weighted by Crippen LogP contribution is -2.51. The Balaban J connectivity index is 2.39. The van der Waals surface area contributed by atoms with E-state index < -0.39 is 24.2 Å². The summed E-state index contributed by atoms with van der Waals surface area (Å²) in [5.74, 6) is -1.31. The summed E-state index contributed by atoms with van der Waals surface area (Å²) in [6, 6.07) is 7.36. The Bertz CT molecular complexity index is 666. The van der Waals surface area contributed by atoms with Gasteiger partial charge in [0.05, 0.1) is 13.2 Å². The quantitative estimate of drug-likeness (QED) is 0.877. The van der Waals surface area contributed by atoms with Crippen molar-refractivity contribution in [3.8, 4) is 11.1 Å². The minimum absolute atomic E-state index is 0.337. The molecule has 0 saturated heterocycles. The molecule has 6 nitrogen and oxygen atoms in total. The van der Waals surface area contributed by atoms with Gasteiger partial charge in [0.25, 0.3) is 0 Å². The average Bonchev–Trinajstić information content (AvgIpc) is 3.05. The summed E-state index contributed by atoms with van der Waals surface area (Å²) in [5, 5.41) is 23.0. The van der Waals surface area contributed by atoms with Gasteiger partial charge in [0.2, 0.25) is 0 Å². The van der Waals surface area contributed by atoms with Gasteiger partial charge in [-0.2, -0.15) is 11.3 Å². The number of amides is 1. The van der Waals surface area contributed by atoms with E-state index in [2.05, 4.69) is 4.74 Å². The SMILES string of the molecule is COC(=O)N(c1ccc(-c2ccsc2)cc1)[C@@H](C(=O)O)[C@H](C)O. The normalized spacial score (nSPS) is 13.2. The van der Waals surface area contributed by atoms with Crippen molar-refractivity contribution in [2.45, 2.75) is 19.1 Å². The third kappa shape index (κ3) is 3.69. The van der Waals surface area contributed by atoms with Gasteiger partial charge in [-0.25, -0.2) is 9.59 Å². The first kappa shape index (κ1) is 17.0. The number of anilines is 1. The minimum atomic E-state index is -1.44. The molecule has 122 valence electrons. The molecule has 1 amide bonds. The number of aliphatic hydroxyl groups is 1. The molecule has 0 radical (unpaired) electrons. The molecule has 0 bridgehead atoms. The predicted molar refractivity (Wildman–Crippen MR) is 87.7 cm³/mol. The molecule has 0 spiro atoms. The van der Waals surface area contributed by atoms with Crippen molar-refractivity contribution in [3.63, 3.8) is 0 Å². The molecule has 1 aromatic carbocycles. The molecule has 2 N–H and O–H groups in total. The average molecular weight is 335 g/mol. The van der Waals surface area contributed by atoms with Crippen LogP contribution in [0.4, 0.5) is 10.5 Å². The molecule has 1 aromatic heterocycles. The maximum Gasteiger partial charge on any atom is 0.414 e. The minimum Gasteiger partial charge on any atom is -0.480 e. The van der Waals surface area contributed by atoms with E-state index in [-0.39, 0.29) is 0 Å². The van der Waals surface area contributed by atoms with Gasteiger partial charge in [0.15, 0.2) is 6.04 Å². The number of thiophene rings is 1. The number of rotatable bonds is 5. The smallest absolute Gasteiger partial charge is 0.414 e. The number of benzene rings is 1. The molecular formula is C16H17NO5S. The summed E-state index contributed by atoms with van der Waals surface area (Å²) in [4.78, 5) is 24.4. The summed E-state index contributed by atoms with van der Waals surface area (Å²) in [5.41, 5.74) is 2.32. The van der Waals surface area contributed by atoms with Crippen LogP contribution in [-0.2, 0) is 9.53 Å². The number of aliphatic hydroxyl groups excluding tert-OH is 1.